The molecule has 1 saturated carbocycles. The van der Waals surface area contributed by atoms with Gasteiger partial charge in [-0.25, -0.2) is 0 Å². The maximum Gasteiger partial charge on any atom is 0.323 e. The number of carbonyl (C=O) groups is 1. The molecule has 2 aliphatic rings. The molecule has 0 aromatic carbocycles. The molecule has 2 rings (SSSR count). The minimum atomic E-state index is -0.768. The molecule has 5 nitrogen and oxygen atoms in total. The first kappa shape index (κ1) is 14.9. The van der Waals surface area contributed by atoms with Crippen LogP contribution in [0.5, 0.6) is 0 Å². The molecular weight excluding hydrogens is 264 g/mol. The molecular formula is C13H24N2O3S. The molecule has 110 valence electrons. The number of hydrogen-bond donors (Lipinski definition) is 2. The van der Waals surface area contributed by atoms with E-state index in [9.17, 15) is 14.1 Å². The van der Waals surface area contributed by atoms with Crippen molar-refractivity contribution in [2.45, 2.75) is 50.7 Å². The third-order valence-electron chi connectivity index (χ3n) is 4.19. The largest absolute Gasteiger partial charge is 0.480 e. The van der Waals surface area contributed by atoms with Crippen molar-refractivity contribution in [3.63, 3.8) is 0 Å². The molecule has 0 spiro atoms. The summed E-state index contributed by atoms with van der Waals surface area (Å²) in [4.78, 5) is 13.9. The Labute approximate surface area is 117 Å². The second-order valence-corrected chi connectivity index (χ2v) is 7.66. The van der Waals surface area contributed by atoms with Gasteiger partial charge in [0.15, 0.2) is 0 Å². The zero-order valence-electron chi connectivity index (χ0n) is 11.7. The SMILES string of the molecule is CC(C)NC1(C(=O)O)CCC(N2CCS(=O)CC2)C1. The van der Waals surface area contributed by atoms with Gasteiger partial charge in [-0.1, -0.05) is 0 Å². The molecule has 0 amide bonds. The van der Waals surface area contributed by atoms with Crippen molar-refractivity contribution in [1.82, 2.24) is 10.2 Å². The van der Waals surface area contributed by atoms with Crippen molar-refractivity contribution in [3.8, 4) is 0 Å². The summed E-state index contributed by atoms with van der Waals surface area (Å²) in [6.07, 6.45) is 2.26. The number of carboxylic acids is 1. The van der Waals surface area contributed by atoms with Crippen LogP contribution in [-0.4, -0.2) is 62.4 Å². The van der Waals surface area contributed by atoms with Gasteiger partial charge in [0.05, 0.1) is 0 Å². The third-order valence-corrected chi connectivity index (χ3v) is 5.47. The molecule has 1 saturated heterocycles. The molecule has 1 aliphatic carbocycles. The zero-order valence-corrected chi connectivity index (χ0v) is 12.5. The van der Waals surface area contributed by atoms with Crippen molar-refractivity contribution in [2.75, 3.05) is 24.6 Å². The van der Waals surface area contributed by atoms with Crippen molar-refractivity contribution in [3.05, 3.63) is 0 Å². The number of nitrogens with zero attached hydrogens (tertiary/aromatic N) is 1. The summed E-state index contributed by atoms with van der Waals surface area (Å²) in [7, 11) is -0.672. The Bertz CT molecular complexity index is 365. The van der Waals surface area contributed by atoms with E-state index in [-0.39, 0.29) is 6.04 Å². The van der Waals surface area contributed by atoms with Crippen LogP contribution >= 0.6 is 0 Å². The van der Waals surface area contributed by atoms with E-state index in [4.69, 9.17) is 0 Å². The number of nitrogens with one attached hydrogen (secondary N) is 1. The van der Waals surface area contributed by atoms with Crippen LogP contribution in [0.3, 0.4) is 0 Å². The lowest BCUT2D eigenvalue weighted by Crippen LogP contribution is -2.54. The van der Waals surface area contributed by atoms with E-state index in [1.54, 1.807) is 0 Å². The van der Waals surface area contributed by atoms with Crippen molar-refractivity contribution >= 4 is 16.8 Å². The van der Waals surface area contributed by atoms with Crippen LogP contribution in [0.1, 0.15) is 33.1 Å². The lowest BCUT2D eigenvalue weighted by atomic mass is 9.96. The van der Waals surface area contributed by atoms with Gasteiger partial charge in [0.2, 0.25) is 0 Å². The standard InChI is InChI=1S/C13H24N2O3S/c1-10(2)14-13(12(16)17)4-3-11(9-13)15-5-7-19(18)8-6-15/h10-11,14H,3-9H2,1-2H3,(H,16,17). The van der Waals surface area contributed by atoms with E-state index < -0.39 is 22.3 Å². The monoisotopic (exact) mass is 288 g/mol. The Morgan fingerprint density at radius 3 is 2.58 bits per heavy atom. The van der Waals surface area contributed by atoms with Crippen LogP contribution in [-0.2, 0) is 15.6 Å². The summed E-state index contributed by atoms with van der Waals surface area (Å²) in [6, 6.07) is 0.489. The summed E-state index contributed by atoms with van der Waals surface area (Å²) in [5.74, 6) is 0.729. The first-order valence-electron chi connectivity index (χ1n) is 7.03. The first-order chi connectivity index (χ1) is 8.93. The average molecular weight is 288 g/mol. The second kappa shape index (κ2) is 5.89. The minimum absolute atomic E-state index is 0.170. The normalized spacial score (nSPS) is 33.9. The van der Waals surface area contributed by atoms with Crippen LogP contribution in [0.4, 0.5) is 0 Å². The summed E-state index contributed by atoms with van der Waals surface area (Å²) in [5, 5.41) is 12.8. The van der Waals surface area contributed by atoms with E-state index in [2.05, 4.69) is 10.2 Å². The van der Waals surface area contributed by atoms with Gasteiger partial charge in [0.1, 0.15) is 5.54 Å². The summed E-state index contributed by atoms with van der Waals surface area (Å²) < 4.78 is 11.4. The van der Waals surface area contributed by atoms with Crippen molar-refractivity contribution < 1.29 is 14.1 Å². The topological polar surface area (TPSA) is 69.6 Å². The molecule has 2 N–H and O–H groups in total. The van der Waals surface area contributed by atoms with E-state index in [1.165, 1.54) is 0 Å². The Morgan fingerprint density at radius 2 is 2.05 bits per heavy atom. The molecule has 1 heterocycles. The molecule has 19 heavy (non-hydrogen) atoms. The quantitative estimate of drug-likeness (QED) is 0.785. The maximum absolute atomic E-state index is 11.6. The van der Waals surface area contributed by atoms with Gasteiger partial charge in [-0.3, -0.25) is 19.2 Å². The van der Waals surface area contributed by atoms with Crippen molar-refractivity contribution in [2.24, 2.45) is 0 Å². The number of carboxylic acid groups (broad SMARTS) is 1. The lowest BCUT2D eigenvalue weighted by molar-refractivity contribution is -0.145. The third kappa shape index (κ3) is 3.35. The van der Waals surface area contributed by atoms with E-state index in [0.29, 0.717) is 18.9 Å². The molecule has 2 atom stereocenters. The summed E-state index contributed by atoms with van der Waals surface area (Å²) in [5.41, 5.74) is -0.768. The molecule has 2 unspecified atom stereocenters. The fourth-order valence-corrected chi connectivity index (χ4v) is 4.37. The van der Waals surface area contributed by atoms with Gasteiger partial charge >= 0.3 is 5.97 Å². The van der Waals surface area contributed by atoms with E-state index in [1.807, 2.05) is 13.8 Å². The fraction of sp³-hybridized carbons (Fsp3) is 0.923. The zero-order chi connectivity index (χ0) is 14.0. The van der Waals surface area contributed by atoms with Gasteiger partial charge in [-0.05, 0) is 33.1 Å². The molecule has 0 radical (unpaired) electrons. The lowest BCUT2D eigenvalue weighted by Gasteiger charge is -2.34. The summed E-state index contributed by atoms with van der Waals surface area (Å²) in [6.45, 7) is 5.66. The van der Waals surface area contributed by atoms with Gasteiger partial charge in [-0.15, -0.1) is 0 Å². The molecule has 0 aromatic heterocycles. The molecule has 2 fully saturated rings. The molecule has 6 heteroatoms. The van der Waals surface area contributed by atoms with Gasteiger partial charge in [0.25, 0.3) is 0 Å². The van der Waals surface area contributed by atoms with Gasteiger partial charge in [0, 0.05) is 47.5 Å². The average Bonchev–Trinajstić information content (AvgIpc) is 2.74. The van der Waals surface area contributed by atoms with Crippen LogP contribution in [0.25, 0.3) is 0 Å². The molecule has 1 aliphatic heterocycles. The van der Waals surface area contributed by atoms with E-state index >= 15 is 0 Å². The Kier molecular flexibility index (Phi) is 4.63. The predicted octanol–water partition coefficient (Wildman–Crippen LogP) is 0.425. The van der Waals surface area contributed by atoms with Gasteiger partial charge < -0.3 is 5.11 Å². The Hall–Kier alpha value is -0.460. The molecule has 0 aromatic rings. The highest BCUT2D eigenvalue weighted by atomic mass is 32.2. The van der Waals surface area contributed by atoms with Crippen LogP contribution < -0.4 is 5.32 Å². The number of rotatable bonds is 4. The first-order valence-corrected chi connectivity index (χ1v) is 8.52. The van der Waals surface area contributed by atoms with Gasteiger partial charge in [-0.2, -0.15) is 0 Å². The highest BCUT2D eigenvalue weighted by Crippen LogP contribution is 2.34. The number of hydrogen-bond acceptors (Lipinski definition) is 4. The highest BCUT2D eigenvalue weighted by molar-refractivity contribution is 7.85. The van der Waals surface area contributed by atoms with Crippen LogP contribution in [0.15, 0.2) is 0 Å². The maximum atomic E-state index is 11.6. The van der Waals surface area contributed by atoms with E-state index in [0.717, 1.165) is 31.0 Å². The minimum Gasteiger partial charge on any atom is -0.480 e. The van der Waals surface area contributed by atoms with Crippen LogP contribution in [0, 0.1) is 0 Å². The second-order valence-electron chi connectivity index (χ2n) is 5.97. The highest BCUT2D eigenvalue weighted by Gasteiger charge is 2.47. The molecule has 0 bridgehead atoms. The predicted molar refractivity (Wildman–Crippen MR) is 75.7 cm³/mol. The Balaban J connectivity index is 2.00. The Morgan fingerprint density at radius 1 is 1.42 bits per heavy atom. The smallest absolute Gasteiger partial charge is 0.323 e. The summed E-state index contributed by atoms with van der Waals surface area (Å²) >= 11 is 0. The number of aliphatic carboxylic acids is 1. The van der Waals surface area contributed by atoms with Crippen molar-refractivity contribution in [1.29, 1.82) is 0 Å². The van der Waals surface area contributed by atoms with Crippen LogP contribution in [0.2, 0.25) is 0 Å². The fourth-order valence-electron chi connectivity index (χ4n) is 3.29.